The molecule has 0 atom stereocenters. The number of benzene rings is 6. The van der Waals surface area contributed by atoms with E-state index in [2.05, 4.69) is 68.5 Å². The third kappa shape index (κ3) is 12.1. The maximum Gasteiger partial charge on any atom is 0.254 e. The van der Waals surface area contributed by atoms with Crippen molar-refractivity contribution in [2.24, 2.45) is 0 Å². The van der Waals surface area contributed by atoms with E-state index in [4.69, 9.17) is 0 Å². The lowest BCUT2D eigenvalue weighted by Gasteiger charge is -2.19. The minimum absolute atomic E-state index is 0.00139. The first-order valence-electron chi connectivity index (χ1n) is 28.6. The molecule has 6 aromatic carbocycles. The van der Waals surface area contributed by atoms with E-state index in [0.29, 0.717) is 36.1 Å². The molecule has 3 aromatic heterocycles. The fourth-order valence-corrected chi connectivity index (χ4v) is 11.5. The molecule has 0 spiro atoms. The monoisotopic (exact) mass is 1110 g/mol. The van der Waals surface area contributed by atoms with E-state index in [1.54, 1.807) is 43.1 Å². The van der Waals surface area contributed by atoms with Gasteiger partial charge >= 0.3 is 0 Å². The lowest BCUT2D eigenvalue weighted by atomic mass is 10.0. The lowest BCUT2D eigenvalue weighted by Crippen LogP contribution is -2.26. The van der Waals surface area contributed by atoms with Gasteiger partial charge in [-0.25, -0.2) is 0 Å². The molecule has 10 rings (SSSR count). The average molecular weight is 1110 g/mol. The minimum atomic E-state index is -0.179. The summed E-state index contributed by atoms with van der Waals surface area (Å²) in [6.45, 7) is 20.3. The largest absolute Gasteiger partial charge is 0.507 e. The maximum atomic E-state index is 12.5. The van der Waals surface area contributed by atoms with Crippen LogP contribution in [-0.4, -0.2) is 146 Å². The second-order valence-electron chi connectivity index (χ2n) is 22.1. The highest BCUT2D eigenvalue weighted by Gasteiger charge is 2.29. The van der Waals surface area contributed by atoms with E-state index in [0.717, 1.165) is 153 Å². The zero-order chi connectivity index (χ0) is 59.4. The first-order valence-corrected chi connectivity index (χ1v) is 28.6. The molecular weight excluding hydrogens is 1030 g/mol. The Hall–Kier alpha value is -7.98. The van der Waals surface area contributed by atoms with E-state index in [1.165, 1.54) is 13.8 Å². The zero-order valence-corrected chi connectivity index (χ0v) is 49.8. The first kappa shape index (κ1) is 60.1. The summed E-state index contributed by atoms with van der Waals surface area (Å²) < 4.78 is 6.67. The maximum absolute atomic E-state index is 12.5. The van der Waals surface area contributed by atoms with Crippen LogP contribution in [0.4, 0.5) is 0 Å². The number of hydrogen-bond donors (Lipinski definition) is 2. The van der Waals surface area contributed by atoms with Crippen molar-refractivity contribution >= 4 is 100 Å². The van der Waals surface area contributed by atoms with Gasteiger partial charge < -0.3 is 43.5 Å². The number of carbonyl (C=O) groups is 6. The van der Waals surface area contributed by atoms with E-state index in [-0.39, 0.29) is 46.3 Å². The summed E-state index contributed by atoms with van der Waals surface area (Å²) in [6.07, 6.45) is 2.98. The van der Waals surface area contributed by atoms with Crippen molar-refractivity contribution in [3.63, 3.8) is 0 Å². The molecule has 15 heteroatoms. The van der Waals surface area contributed by atoms with Gasteiger partial charge in [0.25, 0.3) is 5.91 Å². The Morgan fingerprint density at radius 2 is 0.902 bits per heavy atom. The Labute approximate surface area is 480 Å². The van der Waals surface area contributed by atoms with Crippen LogP contribution in [0.25, 0.3) is 65.4 Å². The fraction of sp³-hybridized carbons (Fsp3) is 0.373. The number of amides is 1. The summed E-state index contributed by atoms with van der Waals surface area (Å²) in [5.41, 5.74) is 10.5. The number of fused-ring (bicyclic) bond motifs is 11. The van der Waals surface area contributed by atoms with Crippen LogP contribution in [-0.2, 0) is 26.2 Å². The van der Waals surface area contributed by atoms with Gasteiger partial charge in [0, 0.05) is 141 Å². The van der Waals surface area contributed by atoms with Crippen LogP contribution in [0.3, 0.4) is 0 Å². The van der Waals surface area contributed by atoms with Gasteiger partial charge in [0.1, 0.15) is 11.5 Å². The predicted octanol–water partition coefficient (Wildman–Crippen LogP) is 12.4. The van der Waals surface area contributed by atoms with Gasteiger partial charge in [-0.05, 0) is 172 Å². The summed E-state index contributed by atoms with van der Waals surface area (Å²) in [4.78, 5) is 81.0. The average Bonchev–Trinajstić information content (AvgIpc) is 4.28. The molecule has 0 saturated heterocycles. The molecule has 2 N–H and O–H groups in total. The van der Waals surface area contributed by atoms with Crippen molar-refractivity contribution in [1.82, 2.24) is 33.3 Å². The number of carbonyl (C=O) groups excluding carboxylic acids is 6. The van der Waals surface area contributed by atoms with Crippen molar-refractivity contribution in [1.29, 1.82) is 0 Å². The number of ketones is 5. The van der Waals surface area contributed by atoms with Crippen LogP contribution >= 0.6 is 0 Å². The van der Waals surface area contributed by atoms with Crippen LogP contribution in [0.2, 0.25) is 0 Å². The van der Waals surface area contributed by atoms with Crippen LogP contribution in [0.15, 0.2) is 91.0 Å². The van der Waals surface area contributed by atoms with Gasteiger partial charge in [-0.1, -0.05) is 27.7 Å². The van der Waals surface area contributed by atoms with Crippen LogP contribution in [0.5, 0.6) is 11.5 Å². The molecule has 1 amide bonds. The predicted molar refractivity (Wildman–Crippen MR) is 331 cm³/mol. The second-order valence-corrected chi connectivity index (χ2v) is 22.1. The summed E-state index contributed by atoms with van der Waals surface area (Å²) >= 11 is 0. The number of Topliss-reactive ketones (excluding diaryl/α,β-unsaturated/α-hetero) is 5. The Kier molecular flexibility index (Phi) is 18.7. The van der Waals surface area contributed by atoms with Crippen LogP contribution < -0.4 is 0 Å². The molecule has 82 heavy (non-hydrogen) atoms. The molecule has 0 bridgehead atoms. The SMILES string of the molecule is CC(=O)c1cc2c3c4c(ccc3n(CCCN(C)C)c2cc1O)C(=O)N(C)C4.CCC(=O)c1ccc2c(c1)c1cc(C(=O)CC)ccc1n2CCCN(C)C.CCN(CC)CCn1c2ccc(C(C)=O)cc2c2cc(C(C)=O)c(O)cc21. The van der Waals surface area contributed by atoms with E-state index >= 15 is 0 Å². The molecule has 0 radical (unpaired) electrons. The normalized spacial score (nSPS) is 12.4. The number of rotatable bonds is 20. The second kappa shape index (κ2) is 25.4. The summed E-state index contributed by atoms with van der Waals surface area (Å²) in [5.74, 6) is -0.0371. The van der Waals surface area contributed by atoms with Crippen molar-refractivity contribution in [2.75, 3.05) is 68.0 Å². The third-order valence-corrected chi connectivity index (χ3v) is 16.0. The molecule has 9 aromatic rings. The summed E-state index contributed by atoms with van der Waals surface area (Å²) in [5, 5.41) is 26.6. The van der Waals surface area contributed by atoms with Crippen molar-refractivity contribution in [3.05, 3.63) is 130 Å². The highest BCUT2D eigenvalue weighted by atomic mass is 16.3. The number of phenols is 2. The molecule has 0 saturated carbocycles. The highest BCUT2D eigenvalue weighted by molar-refractivity contribution is 6.18. The van der Waals surface area contributed by atoms with Crippen molar-refractivity contribution in [2.45, 2.75) is 100 Å². The Morgan fingerprint density at radius 1 is 0.488 bits per heavy atom. The number of phenolic OH excluding ortho intramolecular Hbond substituents is 2. The Morgan fingerprint density at radius 3 is 1.35 bits per heavy atom. The number of nitrogens with zero attached hydrogens (tertiary/aromatic N) is 7. The van der Waals surface area contributed by atoms with Gasteiger partial charge in [0.15, 0.2) is 28.9 Å². The van der Waals surface area contributed by atoms with Crippen molar-refractivity contribution in [3.8, 4) is 11.5 Å². The van der Waals surface area contributed by atoms with Crippen LogP contribution in [0.1, 0.15) is 142 Å². The molecule has 430 valence electrons. The molecule has 0 fully saturated rings. The Bertz CT molecular complexity index is 3890. The van der Waals surface area contributed by atoms with E-state index in [1.807, 2.05) is 82.5 Å². The van der Waals surface area contributed by atoms with Crippen molar-refractivity contribution < 1.29 is 39.0 Å². The fourth-order valence-electron chi connectivity index (χ4n) is 11.5. The van der Waals surface area contributed by atoms with Gasteiger partial charge in [-0.2, -0.15) is 0 Å². The highest BCUT2D eigenvalue weighted by Crippen LogP contribution is 2.40. The quantitative estimate of drug-likeness (QED) is 0.0696. The summed E-state index contributed by atoms with van der Waals surface area (Å²) in [7, 11) is 10.1. The minimum Gasteiger partial charge on any atom is -0.507 e. The summed E-state index contributed by atoms with van der Waals surface area (Å²) in [6, 6.07) is 28.4. The van der Waals surface area contributed by atoms with Gasteiger partial charge in [-0.3, -0.25) is 28.8 Å². The number of aryl methyl sites for hydroxylation is 2. The van der Waals surface area contributed by atoms with Gasteiger partial charge in [0.05, 0.1) is 22.2 Å². The number of aromatic nitrogens is 3. The molecule has 4 heterocycles. The molecule has 15 nitrogen and oxygen atoms in total. The third-order valence-electron chi connectivity index (χ3n) is 16.0. The number of aromatic hydroxyl groups is 2. The molecule has 0 unspecified atom stereocenters. The van der Waals surface area contributed by atoms with Gasteiger partial charge in [-0.15, -0.1) is 0 Å². The Balaban J connectivity index is 0.000000161. The number of hydrogen-bond acceptors (Lipinski definition) is 11. The first-order chi connectivity index (χ1) is 39.1. The standard InChI is InChI=1S/C23H28N2O2.C22H25N3O3.C22H26N2O3/c1-5-22(26)16-8-10-20-18(14-16)19-15-17(23(27)6-2)9-11-21(19)25(20)13-7-12-24(3)4;1-13(26)15-10-16-19(11-20(15)27)25(9-5-8-23(2)3)18-7-6-14-17(21(16)18)12-24(4)22(14)28;1-5-23(6-2)9-10-24-20-8-7-16(14(3)25)11-18(20)19-12-17(15(4)26)22(27)13-21(19)24/h8-11,14-15H,5-7,12-13H2,1-4H3;6-7,10-11,27H,5,8-9,12H2,1-4H3;7-8,11-13,27H,5-6,9-10H2,1-4H3. The van der Waals surface area contributed by atoms with Crippen LogP contribution in [0, 0.1) is 0 Å². The zero-order valence-electron chi connectivity index (χ0n) is 49.8. The number of likely N-dealkylation sites (N-methyl/N-ethyl adjacent to an activating group) is 1. The molecule has 1 aliphatic rings. The molecule has 0 aliphatic carbocycles. The smallest absolute Gasteiger partial charge is 0.254 e. The van der Waals surface area contributed by atoms with E-state index < -0.39 is 0 Å². The van der Waals surface area contributed by atoms with Gasteiger partial charge in [0.2, 0.25) is 0 Å². The molecular formula is C67H79N7O8. The van der Waals surface area contributed by atoms with E-state index in [9.17, 15) is 39.0 Å². The lowest BCUT2D eigenvalue weighted by molar-refractivity contribution is 0.0815. The topological polar surface area (TPSA) is 171 Å². The molecule has 1 aliphatic heterocycles.